The zero-order chi connectivity index (χ0) is 17.9. The maximum absolute atomic E-state index is 14.0. The van der Waals surface area contributed by atoms with Crippen LogP contribution in [-0.2, 0) is 4.74 Å². The van der Waals surface area contributed by atoms with Crippen molar-refractivity contribution in [3.05, 3.63) is 34.6 Å². The van der Waals surface area contributed by atoms with Gasteiger partial charge in [-0.25, -0.2) is 4.39 Å². The molecule has 138 valence electrons. The number of hydrogen-bond acceptors (Lipinski definition) is 3. The minimum atomic E-state index is -0.255. The van der Waals surface area contributed by atoms with Gasteiger partial charge in [0.2, 0.25) is 0 Å². The fourth-order valence-corrected chi connectivity index (χ4v) is 3.79. The highest BCUT2D eigenvalue weighted by molar-refractivity contribution is 6.31. The number of guanidine groups is 1. The molecule has 3 N–H and O–H groups in total. The zero-order valence-electron chi connectivity index (χ0n) is 14.4. The molecule has 0 aromatic heterocycles. The Morgan fingerprint density at radius 2 is 2.36 bits per heavy atom. The highest BCUT2D eigenvalue weighted by atomic mass is 35.5. The number of ether oxygens (including phenoxy) is 1. The van der Waals surface area contributed by atoms with Crippen molar-refractivity contribution in [3.8, 4) is 0 Å². The zero-order valence-corrected chi connectivity index (χ0v) is 15.2. The van der Waals surface area contributed by atoms with Crippen LogP contribution in [0.15, 0.2) is 23.2 Å². The van der Waals surface area contributed by atoms with E-state index in [0.29, 0.717) is 36.1 Å². The van der Waals surface area contributed by atoms with Crippen LogP contribution >= 0.6 is 11.6 Å². The first-order valence-corrected chi connectivity index (χ1v) is 9.06. The second-order valence-corrected chi connectivity index (χ2v) is 7.34. The van der Waals surface area contributed by atoms with E-state index in [-0.39, 0.29) is 29.8 Å². The Labute approximate surface area is 152 Å². The predicted octanol–water partition coefficient (Wildman–Crippen LogP) is 2.29. The standard InChI is InChI=1S/C18H25ClFN3O2/c1-21-17(22-10-18(5-7-24)6-8-25-11-18)23-15-9-12(15)16-13(19)3-2-4-14(16)20/h2-4,12,15,24H,5-11H2,1H3,(H2,21,22,23). The third-order valence-electron chi connectivity index (χ3n) is 5.16. The molecule has 3 atom stereocenters. The average molecular weight is 370 g/mol. The molecule has 2 fully saturated rings. The second-order valence-electron chi connectivity index (χ2n) is 6.93. The molecule has 1 saturated heterocycles. The second kappa shape index (κ2) is 7.89. The summed E-state index contributed by atoms with van der Waals surface area (Å²) >= 11 is 6.15. The van der Waals surface area contributed by atoms with Gasteiger partial charge in [0.1, 0.15) is 5.82 Å². The number of aliphatic imine (C=N–C) groups is 1. The van der Waals surface area contributed by atoms with Crippen molar-refractivity contribution in [2.45, 2.75) is 31.2 Å². The van der Waals surface area contributed by atoms with Crippen LogP contribution in [0.5, 0.6) is 0 Å². The number of nitrogens with zero attached hydrogens (tertiary/aromatic N) is 1. The van der Waals surface area contributed by atoms with Crippen LogP contribution < -0.4 is 10.6 Å². The molecule has 25 heavy (non-hydrogen) atoms. The summed E-state index contributed by atoms with van der Waals surface area (Å²) in [6, 6.07) is 4.91. The van der Waals surface area contributed by atoms with Crippen LogP contribution in [0, 0.1) is 11.2 Å². The Balaban J connectivity index is 1.56. The highest BCUT2D eigenvalue weighted by Crippen LogP contribution is 2.44. The van der Waals surface area contributed by atoms with Gasteiger partial charge in [0.25, 0.3) is 0 Å². The van der Waals surface area contributed by atoms with E-state index in [0.717, 1.165) is 19.4 Å². The third-order valence-corrected chi connectivity index (χ3v) is 5.49. The lowest BCUT2D eigenvalue weighted by Gasteiger charge is -2.27. The summed E-state index contributed by atoms with van der Waals surface area (Å²) in [6.45, 7) is 2.21. The van der Waals surface area contributed by atoms with E-state index < -0.39 is 0 Å². The molecule has 0 spiro atoms. The summed E-state index contributed by atoms with van der Waals surface area (Å²) in [4.78, 5) is 4.26. The number of benzene rings is 1. The molecule has 2 aliphatic rings. The van der Waals surface area contributed by atoms with Gasteiger partial charge in [0.15, 0.2) is 5.96 Å². The van der Waals surface area contributed by atoms with E-state index in [1.54, 1.807) is 19.2 Å². The molecule has 0 amide bonds. The van der Waals surface area contributed by atoms with E-state index in [4.69, 9.17) is 16.3 Å². The minimum Gasteiger partial charge on any atom is -0.396 e. The highest BCUT2D eigenvalue weighted by Gasteiger charge is 2.42. The van der Waals surface area contributed by atoms with Crippen molar-refractivity contribution in [1.82, 2.24) is 10.6 Å². The van der Waals surface area contributed by atoms with Crippen LogP contribution in [0.4, 0.5) is 4.39 Å². The molecule has 7 heteroatoms. The third kappa shape index (κ3) is 4.25. The van der Waals surface area contributed by atoms with Crippen molar-refractivity contribution in [2.24, 2.45) is 10.4 Å². The fourth-order valence-electron chi connectivity index (χ4n) is 3.49. The molecule has 3 rings (SSSR count). The maximum atomic E-state index is 14.0. The molecule has 1 aromatic carbocycles. The molecule has 3 unspecified atom stereocenters. The van der Waals surface area contributed by atoms with Crippen molar-refractivity contribution in [2.75, 3.05) is 33.4 Å². The molecule has 1 aromatic rings. The van der Waals surface area contributed by atoms with Crippen LogP contribution in [-0.4, -0.2) is 50.5 Å². The molecule has 1 aliphatic carbocycles. The van der Waals surface area contributed by atoms with Gasteiger partial charge in [-0.3, -0.25) is 4.99 Å². The topological polar surface area (TPSA) is 65.9 Å². The number of nitrogens with one attached hydrogen (secondary N) is 2. The Morgan fingerprint density at radius 1 is 1.52 bits per heavy atom. The normalized spacial score (nSPS) is 28.9. The van der Waals surface area contributed by atoms with Crippen LogP contribution in [0.3, 0.4) is 0 Å². The lowest BCUT2D eigenvalue weighted by Crippen LogP contribution is -2.45. The van der Waals surface area contributed by atoms with E-state index >= 15 is 0 Å². The van der Waals surface area contributed by atoms with Gasteiger partial charge in [0.05, 0.1) is 6.61 Å². The van der Waals surface area contributed by atoms with Gasteiger partial charge in [-0.1, -0.05) is 17.7 Å². The Hall–Kier alpha value is -1.37. The monoisotopic (exact) mass is 369 g/mol. The van der Waals surface area contributed by atoms with Crippen molar-refractivity contribution < 1.29 is 14.2 Å². The Bertz CT molecular complexity index is 614. The van der Waals surface area contributed by atoms with E-state index in [2.05, 4.69) is 15.6 Å². The molecule has 1 heterocycles. The Morgan fingerprint density at radius 3 is 3.00 bits per heavy atom. The van der Waals surface area contributed by atoms with E-state index in [1.807, 2.05) is 0 Å². The van der Waals surface area contributed by atoms with Crippen LogP contribution in [0.1, 0.15) is 30.7 Å². The van der Waals surface area contributed by atoms with Gasteiger partial charge in [-0.15, -0.1) is 0 Å². The SMILES string of the molecule is CN=C(NCC1(CCO)CCOC1)NC1CC1c1c(F)cccc1Cl. The van der Waals surface area contributed by atoms with Crippen molar-refractivity contribution in [3.63, 3.8) is 0 Å². The first kappa shape index (κ1) is 18.4. The van der Waals surface area contributed by atoms with Gasteiger partial charge >= 0.3 is 0 Å². The maximum Gasteiger partial charge on any atom is 0.191 e. The molecule has 0 radical (unpaired) electrons. The summed E-state index contributed by atoms with van der Waals surface area (Å²) < 4.78 is 19.5. The molecular weight excluding hydrogens is 345 g/mol. The van der Waals surface area contributed by atoms with E-state index in [9.17, 15) is 9.50 Å². The van der Waals surface area contributed by atoms with Gasteiger partial charge in [-0.2, -0.15) is 0 Å². The van der Waals surface area contributed by atoms with E-state index in [1.165, 1.54) is 6.07 Å². The number of rotatable bonds is 6. The predicted molar refractivity (Wildman–Crippen MR) is 96.6 cm³/mol. The number of aliphatic hydroxyl groups is 1. The molecule has 5 nitrogen and oxygen atoms in total. The number of halogens is 2. The summed E-state index contributed by atoms with van der Waals surface area (Å²) in [5, 5.41) is 16.4. The largest absolute Gasteiger partial charge is 0.396 e. The smallest absolute Gasteiger partial charge is 0.191 e. The lowest BCUT2D eigenvalue weighted by molar-refractivity contribution is 0.127. The molecule has 1 aliphatic heterocycles. The number of hydrogen-bond donors (Lipinski definition) is 3. The van der Waals surface area contributed by atoms with Gasteiger partial charge < -0.3 is 20.5 Å². The average Bonchev–Trinajstić information content (AvgIpc) is 3.17. The summed E-state index contributed by atoms with van der Waals surface area (Å²) in [5.74, 6) is 0.493. The van der Waals surface area contributed by atoms with Gasteiger partial charge in [0, 0.05) is 54.8 Å². The summed E-state index contributed by atoms with van der Waals surface area (Å²) in [6.07, 6.45) is 2.45. The van der Waals surface area contributed by atoms with Crippen LogP contribution in [0.25, 0.3) is 0 Å². The summed E-state index contributed by atoms with van der Waals surface area (Å²) in [7, 11) is 1.71. The summed E-state index contributed by atoms with van der Waals surface area (Å²) in [5.41, 5.74) is 0.530. The Kier molecular flexibility index (Phi) is 5.81. The molecule has 0 bridgehead atoms. The first-order chi connectivity index (χ1) is 12.1. The minimum absolute atomic E-state index is 0.0514. The fraction of sp³-hybridized carbons (Fsp3) is 0.611. The quantitative estimate of drug-likeness (QED) is 0.531. The molecule has 1 saturated carbocycles. The van der Waals surface area contributed by atoms with Crippen LogP contribution in [0.2, 0.25) is 5.02 Å². The van der Waals surface area contributed by atoms with Crippen molar-refractivity contribution in [1.29, 1.82) is 0 Å². The first-order valence-electron chi connectivity index (χ1n) is 8.68. The van der Waals surface area contributed by atoms with Gasteiger partial charge in [-0.05, 0) is 31.4 Å². The lowest BCUT2D eigenvalue weighted by atomic mass is 9.84. The number of aliphatic hydroxyl groups excluding tert-OH is 1. The van der Waals surface area contributed by atoms with Crippen molar-refractivity contribution >= 4 is 17.6 Å². The molecular formula is C18H25ClFN3O2.